The predicted octanol–water partition coefficient (Wildman–Crippen LogP) is 3.92. The van der Waals surface area contributed by atoms with Crippen LogP contribution in [0.15, 0.2) is 52.0 Å². The highest BCUT2D eigenvalue weighted by Crippen LogP contribution is 2.24. The number of nitro benzene ring substituents is 1. The Hall–Kier alpha value is -2.78. The number of hydrazone groups is 1. The monoisotopic (exact) mass is 480 g/mol. The van der Waals surface area contributed by atoms with E-state index in [0.717, 1.165) is 0 Å². The fraction of sp³-hybridized carbons (Fsp3) is 0.211. The molecular weight excluding hydrogens is 464 g/mol. The molecule has 0 heterocycles. The predicted molar refractivity (Wildman–Crippen MR) is 114 cm³/mol. The minimum Gasteiger partial charge on any atom is -0.340 e. The molecule has 0 fully saturated rings. The molecule has 0 aromatic heterocycles. The summed E-state index contributed by atoms with van der Waals surface area (Å²) in [6.45, 7) is 3.55. The molecule has 0 aliphatic heterocycles. The van der Waals surface area contributed by atoms with Crippen molar-refractivity contribution in [1.82, 2.24) is 10.7 Å². The molecule has 10 heteroatoms. The SMILES string of the molecule is CC(C)C(NC(=O)c1ccccc1Cl)C(=O)N/N=C\c1ccc(Br)c([N+](=O)[O-])c1. The normalized spacial score (nSPS) is 12.0. The summed E-state index contributed by atoms with van der Waals surface area (Å²) >= 11 is 9.12. The Balaban J connectivity index is 2.07. The van der Waals surface area contributed by atoms with Crippen LogP contribution in [0, 0.1) is 16.0 Å². The number of hydrogen-bond donors (Lipinski definition) is 2. The van der Waals surface area contributed by atoms with E-state index in [1.165, 1.54) is 18.3 Å². The second-order valence-corrected chi connectivity index (χ2v) is 7.64. The average Bonchev–Trinajstić information content (AvgIpc) is 2.67. The van der Waals surface area contributed by atoms with E-state index < -0.39 is 22.8 Å². The lowest BCUT2D eigenvalue weighted by atomic mass is 10.0. The van der Waals surface area contributed by atoms with Crippen molar-refractivity contribution >= 4 is 51.2 Å². The van der Waals surface area contributed by atoms with E-state index in [0.29, 0.717) is 10.0 Å². The Kier molecular flexibility index (Phi) is 7.86. The molecule has 2 N–H and O–H groups in total. The molecule has 0 saturated heterocycles. The summed E-state index contributed by atoms with van der Waals surface area (Å²) in [5.41, 5.74) is 2.92. The highest BCUT2D eigenvalue weighted by molar-refractivity contribution is 9.10. The number of nitrogens with one attached hydrogen (secondary N) is 2. The van der Waals surface area contributed by atoms with Crippen molar-refractivity contribution in [3.8, 4) is 0 Å². The number of hydrogen-bond acceptors (Lipinski definition) is 5. The minimum absolute atomic E-state index is 0.118. The van der Waals surface area contributed by atoms with Gasteiger partial charge in [-0.05, 0) is 40.0 Å². The molecule has 0 aliphatic rings. The van der Waals surface area contributed by atoms with Crippen LogP contribution in [0.5, 0.6) is 0 Å². The van der Waals surface area contributed by atoms with Crippen molar-refractivity contribution in [2.45, 2.75) is 19.9 Å². The summed E-state index contributed by atoms with van der Waals surface area (Å²) in [5.74, 6) is -1.22. The van der Waals surface area contributed by atoms with Gasteiger partial charge in [-0.3, -0.25) is 19.7 Å². The molecule has 0 radical (unpaired) electrons. The van der Waals surface area contributed by atoms with Gasteiger partial charge in [0.05, 0.1) is 26.2 Å². The lowest BCUT2D eigenvalue weighted by Gasteiger charge is -2.20. The number of benzene rings is 2. The highest BCUT2D eigenvalue weighted by atomic mass is 79.9. The van der Waals surface area contributed by atoms with Crippen molar-refractivity contribution in [2.75, 3.05) is 0 Å². The summed E-state index contributed by atoms with van der Waals surface area (Å²) < 4.78 is 0.339. The third-order valence-corrected chi connectivity index (χ3v) is 4.91. The molecule has 152 valence electrons. The van der Waals surface area contributed by atoms with Gasteiger partial charge in [0.2, 0.25) is 0 Å². The first-order valence-electron chi connectivity index (χ1n) is 8.53. The topological polar surface area (TPSA) is 114 Å². The van der Waals surface area contributed by atoms with Crippen molar-refractivity contribution in [3.63, 3.8) is 0 Å². The molecule has 1 unspecified atom stereocenters. The van der Waals surface area contributed by atoms with Crippen LogP contribution < -0.4 is 10.7 Å². The summed E-state index contributed by atoms with van der Waals surface area (Å²) in [4.78, 5) is 35.3. The summed E-state index contributed by atoms with van der Waals surface area (Å²) in [6, 6.07) is 10.1. The smallest absolute Gasteiger partial charge is 0.284 e. The van der Waals surface area contributed by atoms with Crippen molar-refractivity contribution in [3.05, 3.63) is 73.2 Å². The van der Waals surface area contributed by atoms with Crippen LogP contribution in [0.2, 0.25) is 5.02 Å². The van der Waals surface area contributed by atoms with E-state index in [-0.39, 0.29) is 22.2 Å². The first-order chi connectivity index (χ1) is 13.7. The second kappa shape index (κ2) is 10.1. The maximum absolute atomic E-state index is 12.5. The summed E-state index contributed by atoms with van der Waals surface area (Å²) in [6.07, 6.45) is 1.28. The van der Waals surface area contributed by atoms with E-state index in [9.17, 15) is 19.7 Å². The van der Waals surface area contributed by atoms with Crippen LogP contribution in [-0.4, -0.2) is 29.0 Å². The maximum atomic E-state index is 12.5. The zero-order chi connectivity index (χ0) is 21.6. The number of carbonyl (C=O) groups excluding carboxylic acids is 2. The zero-order valence-electron chi connectivity index (χ0n) is 15.6. The fourth-order valence-electron chi connectivity index (χ4n) is 2.39. The molecule has 0 saturated carbocycles. The quantitative estimate of drug-likeness (QED) is 0.354. The van der Waals surface area contributed by atoms with Gasteiger partial charge in [0.25, 0.3) is 17.5 Å². The molecule has 2 aromatic carbocycles. The Morgan fingerprint density at radius 3 is 2.55 bits per heavy atom. The first kappa shape index (κ1) is 22.5. The zero-order valence-corrected chi connectivity index (χ0v) is 17.9. The maximum Gasteiger partial charge on any atom is 0.284 e. The van der Waals surface area contributed by atoms with Crippen LogP contribution in [-0.2, 0) is 4.79 Å². The van der Waals surface area contributed by atoms with E-state index in [4.69, 9.17) is 11.6 Å². The largest absolute Gasteiger partial charge is 0.340 e. The van der Waals surface area contributed by atoms with Gasteiger partial charge in [-0.25, -0.2) is 5.43 Å². The van der Waals surface area contributed by atoms with E-state index >= 15 is 0 Å². The lowest BCUT2D eigenvalue weighted by molar-refractivity contribution is -0.385. The standard InChI is InChI=1S/C19H18BrClN4O4/c1-11(2)17(23-18(26)13-5-3-4-6-15(13)21)19(27)24-22-10-12-7-8-14(20)16(9-12)25(28)29/h3-11,17H,1-2H3,(H,23,26)(H,24,27)/b22-10-. The minimum atomic E-state index is -0.852. The lowest BCUT2D eigenvalue weighted by Crippen LogP contribution is -2.48. The van der Waals surface area contributed by atoms with Gasteiger partial charge in [0.15, 0.2) is 0 Å². The van der Waals surface area contributed by atoms with Gasteiger partial charge in [-0.1, -0.05) is 43.6 Å². The van der Waals surface area contributed by atoms with E-state index in [2.05, 4.69) is 31.8 Å². The van der Waals surface area contributed by atoms with Crippen LogP contribution >= 0.6 is 27.5 Å². The number of amides is 2. The van der Waals surface area contributed by atoms with Gasteiger partial charge < -0.3 is 5.32 Å². The van der Waals surface area contributed by atoms with Crippen LogP contribution in [0.25, 0.3) is 0 Å². The van der Waals surface area contributed by atoms with Gasteiger partial charge in [-0.2, -0.15) is 5.10 Å². The van der Waals surface area contributed by atoms with E-state index in [1.54, 1.807) is 44.2 Å². The van der Waals surface area contributed by atoms with E-state index in [1.807, 2.05) is 0 Å². The molecule has 0 bridgehead atoms. The number of halogens is 2. The molecule has 2 aromatic rings. The summed E-state index contributed by atoms with van der Waals surface area (Å²) in [7, 11) is 0. The fourth-order valence-corrected chi connectivity index (χ4v) is 3.00. The molecule has 0 aliphatic carbocycles. The highest BCUT2D eigenvalue weighted by Gasteiger charge is 2.25. The Bertz CT molecular complexity index is 965. The van der Waals surface area contributed by atoms with Crippen molar-refractivity contribution in [1.29, 1.82) is 0 Å². The molecular formula is C19H18BrClN4O4. The van der Waals surface area contributed by atoms with Gasteiger partial charge in [0, 0.05) is 11.6 Å². The molecule has 2 rings (SSSR count). The Morgan fingerprint density at radius 1 is 1.24 bits per heavy atom. The van der Waals surface area contributed by atoms with Gasteiger partial charge in [-0.15, -0.1) is 0 Å². The van der Waals surface area contributed by atoms with Gasteiger partial charge in [0.1, 0.15) is 6.04 Å². The molecule has 8 nitrogen and oxygen atoms in total. The number of carbonyl (C=O) groups is 2. The van der Waals surface area contributed by atoms with Crippen molar-refractivity contribution < 1.29 is 14.5 Å². The average molecular weight is 482 g/mol. The number of nitrogens with zero attached hydrogens (tertiary/aromatic N) is 2. The Morgan fingerprint density at radius 2 is 1.93 bits per heavy atom. The number of rotatable bonds is 7. The van der Waals surface area contributed by atoms with Crippen LogP contribution in [0.1, 0.15) is 29.8 Å². The molecule has 2 amide bonds. The summed E-state index contributed by atoms with van der Waals surface area (Å²) in [5, 5.41) is 17.7. The third kappa shape index (κ3) is 6.10. The van der Waals surface area contributed by atoms with Crippen LogP contribution in [0.4, 0.5) is 5.69 Å². The molecule has 0 spiro atoms. The van der Waals surface area contributed by atoms with Crippen molar-refractivity contribution in [2.24, 2.45) is 11.0 Å². The Labute approximate surface area is 180 Å². The number of nitro groups is 1. The molecule has 1 atom stereocenters. The van der Waals surface area contributed by atoms with Crippen LogP contribution in [0.3, 0.4) is 0 Å². The third-order valence-electron chi connectivity index (χ3n) is 3.91. The molecule has 29 heavy (non-hydrogen) atoms. The van der Waals surface area contributed by atoms with Gasteiger partial charge >= 0.3 is 0 Å². The first-order valence-corrected chi connectivity index (χ1v) is 9.70. The second-order valence-electron chi connectivity index (χ2n) is 6.38.